The van der Waals surface area contributed by atoms with E-state index in [1.54, 1.807) is 23.5 Å². The molecule has 1 saturated carbocycles. The molecule has 0 radical (unpaired) electrons. The molecule has 1 aliphatic rings. The first-order valence-corrected chi connectivity index (χ1v) is 8.63. The Balaban J connectivity index is 1.47. The SMILES string of the molecule is OC(CNCc1cnc(C2CCCC2)s1)c1ccc(F)cc1. The van der Waals surface area contributed by atoms with Crippen molar-refractivity contribution in [3.63, 3.8) is 0 Å². The molecular weight excluding hydrogens is 299 g/mol. The van der Waals surface area contributed by atoms with Crippen molar-refractivity contribution in [2.45, 2.75) is 44.2 Å². The van der Waals surface area contributed by atoms with Crippen LogP contribution in [0.25, 0.3) is 0 Å². The Hall–Kier alpha value is -1.30. The fourth-order valence-electron chi connectivity index (χ4n) is 2.90. The Kier molecular flexibility index (Phi) is 5.18. The molecule has 5 heteroatoms. The Morgan fingerprint density at radius 3 is 2.73 bits per heavy atom. The second kappa shape index (κ2) is 7.31. The van der Waals surface area contributed by atoms with Gasteiger partial charge in [-0.25, -0.2) is 9.37 Å². The number of aromatic nitrogens is 1. The van der Waals surface area contributed by atoms with Crippen molar-refractivity contribution < 1.29 is 9.50 Å². The van der Waals surface area contributed by atoms with Gasteiger partial charge in [0.15, 0.2) is 0 Å². The zero-order valence-corrected chi connectivity index (χ0v) is 13.3. The van der Waals surface area contributed by atoms with Crippen LogP contribution in [-0.2, 0) is 6.54 Å². The molecule has 3 nitrogen and oxygen atoms in total. The molecule has 1 aromatic carbocycles. The summed E-state index contributed by atoms with van der Waals surface area (Å²) in [6.07, 6.45) is 6.49. The third-order valence-electron chi connectivity index (χ3n) is 4.17. The molecule has 0 aliphatic heterocycles. The highest BCUT2D eigenvalue weighted by atomic mass is 32.1. The van der Waals surface area contributed by atoms with Crippen molar-refractivity contribution >= 4 is 11.3 Å². The molecule has 1 aliphatic carbocycles. The van der Waals surface area contributed by atoms with E-state index in [-0.39, 0.29) is 5.82 Å². The molecule has 0 saturated heterocycles. The van der Waals surface area contributed by atoms with Gasteiger partial charge in [0, 0.05) is 30.1 Å². The number of rotatable bonds is 6. The van der Waals surface area contributed by atoms with Crippen LogP contribution in [0.4, 0.5) is 4.39 Å². The summed E-state index contributed by atoms with van der Waals surface area (Å²) in [5.74, 6) is 0.372. The summed E-state index contributed by atoms with van der Waals surface area (Å²) in [6.45, 7) is 1.16. The molecule has 0 bridgehead atoms. The number of aliphatic hydroxyl groups is 1. The highest BCUT2D eigenvalue weighted by molar-refractivity contribution is 7.11. The van der Waals surface area contributed by atoms with Gasteiger partial charge >= 0.3 is 0 Å². The minimum Gasteiger partial charge on any atom is -0.387 e. The van der Waals surface area contributed by atoms with E-state index in [0.717, 1.165) is 5.56 Å². The van der Waals surface area contributed by atoms with Gasteiger partial charge in [0.1, 0.15) is 5.82 Å². The van der Waals surface area contributed by atoms with Gasteiger partial charge in [-0.1, -0.05) is 25.0 Å². The van der Waals surface area contributed by atoms with Crippen molar-refractivity contribution in [3.8, 4) is 0 Å². The molecule has 0 spiro atoms. The number of hydrogen-bond acceptors (Lipinski definition) is 4. The van der Waals surface area contributed by atoms with Gasteiger partial charge in [0.25, 0.3) is 0 Å². The lowest BCUT2D eigenvalue weighted by atomic mass is 10.1. The van der Waals surface area contributed by atoms with Crippen molar-refractivity contribution in [1.82, 2.24) is 10.3 Å². The quantitative estimate of drug-likeness (QED) is 0.852. The van der Waals surface area contributed by atoms with Crippen LogP contribution in [0, 0.1) is 5.82 Å². The topological polar surface area (TPSA) is 45.1 Å². The van der Waals surface area contributed by atoms with Crippen LogP contribution >= 0.6 is 11.3 Å². The van der Waals surface area contributed by atoms with E-state index in [2.05, 4.69) is 10.3 Å². The average molecular weight is 320 g/mol. The van der Waals surface area contributed by atoms with Gasteiger partial charge < -0.3 is 10.4 Å². The Bertz CT molecular complexity index is 593. The van der Waals surface area contributed by atoms with E-state index in [0.29, 0.717) is 19.0 Å². The van der Waals surface area contributed by atoms with Gasteiger partial charge in [-0.3, -0.25) is 0 Å². The Morgan fingerprint density at radius 1 is 1.27 bits per heavy atom. The first-order valence-electron chi connectivity index (χ1n) is 7.81. The number of benzene rings is 1. The zero-order chi connectivity index (χ0) is 15.4. The van der Waals surface area contributed by atoms with Crippen molar-refractivity contribution in [2.24, 2.45) is 0 Å². The predicted molar refractivity (Wildman–Crippen MR) is 86.4 cm³/mol. The smallest absolute Gasteiger partial charge is 0.123 e. The fraction of sp³-hybridized carbons (Fsp3) is 0.471. The summed E-state index contributed by atoms with van der Waals surface area (Å²) in [4.78, 5) is 5.74. The van der Waals surface area contributed by atoms with E-state index < -0.39 is 6.10 Å². The molecule has 1 atom stereocenters. The van der Waals surface area contributed by atoms with E-state index in [4.69, 9.17) is 0 Å². The van der Waals surface area contributed by atoms with Crippen LogP contribution in [0.15, 0.2) is 30.5 Å². The molecule has 1 unspecified atom stereocenters. The highest BCUT2D eigenvalue weighted by Crippen LogP contribution is 2.35. The lowest BCUT2D eigenvalue weighted by Gasteiger charge is -2.11. The zero-order valence-electron chi connectivity index (χ0n) is 12.5. The molecule has 2 N–H and O–H groups in total. The maximum Gasteiger partial charge on any atom is 0.123 e. The number of aliphatic hydroxyl groups excluding tert-OH is 1. The molecule has 1 fully saturated rings. The monoisotopic (exact) mass is 320 g/mol. The maximum atomic E-state index is 12.9. The number of nitrogens with zero attached hydrogens (tertiary/aromatic N) is 1. The second-order valence-corrected chi connectivity index (χ2v) is 6.99. The minimum atomic E-state index is -0.622. The van der Waals surface area contributed by atoms with Gasteiger partial charge in [-0.2, -0.15) is 0 Å². The van der Waals surface area contributed by atoms with Crippen LogP contribution in [-0.4, -0.2) is 16.6 Å². The van der Waals surface area contributed by atoms with E-state index in [9.17, 15) is 9.50 Å². The van der Waals surface area contributed by atoms with Gasteiger partial charge in [-0.05, 0) is 30.5 Å². The van der Waals surface area contributed by atoms with Crippen LogP contribution < -0.4 is 5.32 Å². The van der Waals surface area contributed by atoms with Crippen LogP contribution in [0.1, 0.15) is 53.2 Å². The highest BCUT2D eigenvalue weighted by Gasteiger charge is 2.20. The lowest BCUT2D eigenvalue weighted by molar-refractivity contribution is 0.174. The van der Waals surface area contributed by atoms with E-state index >= 15 is 0 Å². The molecule has 1 aromatic heterocycles. The van der Waals surface area contributed by atoms with Gasteiger partial charge in [-0.15, -0.1) is 11.3 Å². The molecule has 3 rings (SSSR count). The molecule has 0 amide bonds. The normalized spacial score (nSPS) is 17.0. The van der Waals surface area contributed by atoms with Crippen LogP contribution in [0.2, 0.25) is 0 Å². The Labute approximate surface area is 134 Å². The largest absolute Gasteiger partial charge is 0.387 e. The molecule has 2 aromatic rings. The standard InChI is InChI=1S/C17H21FN2OS/c18-14-7-5-12(6-8-14)16(21)11-19-9-15-10-20-17(22-15)13-3-1-2-4-13/h5-8,10,13,16,19,21H,1-4,9,11H2. The molecule has 22 heavy (non-hydrogen) atoms. The summed E-state index contributed by atoms with van der Waals surface area (Å²) in [5.41, 5.74) is 0.727. The van der Waals surface area contributed by atoms with Crippen molar-refractivity contribution in [2.75, 3.05) is 6.54 Å². The summed E-state index contributed by atoms with van der Waals surface area (Å²) in [7, 11) is 0. The first-order chi connectivity index (χ1) is 10.7. The summed E-state index contributed by atoms with van der Waals surface area (Å²) < 4.78 is 12.9. The van der Waals surface area contributed by atoms with Crippen molar-refractivity contribution in [3.05, 3.63) is 51.7 Å². The number of nitrogens with one attached hydrogen (secondary N) is 1. The number of halogens is 1. The first kappa shape index (κ1) is 15.6. The minimum absolute atomic E-state index is 0.284. The third kappa shape index (κ3) is 3.91. The Morgan fingerprint density at radius 2 is 2.00 bits per heavy atom. The van der Waals surface area contributed by atoms with Gasteiger partial charge in [0.05, 0.1) is 11.1 Å². The van der Waals surface area contributed by atoms with Crippen molar-refractivity contribution in [1.29, 1.82) is 0 Å². The fourth-order valence-corrected chi connectivity index (χ4v) is 3.96. The summed E-state index contributed by atoms with van der Waals surface area (Å²) >= 11 is 1.77. The maximum absolute atomic E-state index is 12.9. The molecular formula is C17H21FN2OS. The second-order valence-electron chi connectivity index (χ2n) is 5.84. The van der Waals surface area contributed by atoms with E-state index in [1.165, 1.54) is 47.7 Å². The average Bonchev–Trinajstić information content (AvgIpc) is 3.19. The molecule has 1 heterocycles. The van der Waals surface area contributed by atoms with E-state index in [1.807, 2.05) is 6.20 Å². The molecule has 118 valence electrons. The summed E-state index contributed by atoms with van der Waals surface area (Å²) in [5, 5.41) is 14.6. The number of hydrogen-bond donors (Lipinski definition) is 2. The van der Waals surface area contributed by atoms with Crippen LogP contribution in [0.5, 0.6) is 0 Å². The lowest BCUT2D eigenvalue weighted by Crippen LogP contribution is -2.20. The predicted octanol–water partition coefficient (Wildman–Crippen LogP) is 3.76. The van der Waals surface area contributed by atoms with Crippen LogP contribution in [0.3, 0.4) is 0 Å². The third-order valence-corrected chi connectivity index (χ3v) is 5.33. The number of thiazole rings is 1. The van der Waals surface area contributed by atoms with Gasteiger partial charge in [0.2, 0.25) is 0 Å². The summed E-state index contributed by atoms with van der Waals surface area (Å²) in [6, 6.07) is 5.98.